The first-order valence-electron chi connectivity index (χ1n) is 10.6. The predicted octanol–water partition coefficient (Wildman–Crippen LogP) is 3.05. The number of fused-ring (bicyclic) bond motifs is 1. The summed E-state index contributed by atoms with van der Waals surface area (Å²) in [6.45, 7) is 0. The quantitative estimate of drug-likeness (QED) is 0.727. The van der Waals surface area contributed by atoms with Crippen LogP contribution in [0.3, 0.4) is 0 Å². The summed E-state index contributed by atoms with van der Waals surface area (Å²) in [6.07, 6.45) is 4.61. The van der Waals surface area contributed by atoms with Crippen LogP contribution in [0.4, 0.5) is 4.39 Å². The van der Waals surface area contributed by atoms with E-state index in [-0.39, 0.29) is 34.2 Å². The van der Waals surface area contributed by atoms with Crippen LogP contribution in [-0.2, 0) is 4.79 Å². The van der Waals surface area contributed by atoms with Gasteiger partial charge in [-0.2, -0.15) is 0 Å². The lowest BCUT2D eigenvalue weighted by Crippen LogP contribution is -2.40. The summed E-state index contributed by atoms with van der Waals surface area (Å²) in [7, 11) is 1.39. The van der Waals surface area contributed by atoms with Crippen LogP contribution in [0.25, 0.3) is 0 Å². The molecule has 0 saturated heterocycles. The summed E-state index contributed by atoms with van der Waals surface area (Å²) >= 11 is 0. The molecular formula is C24H24FN3O4. The number of benzene rings is 2. The normalized spacial score (nSPS) is 17.2. The molecular weight excluding hydrogens is 413 g/mol. The van der Waals surface area contributed by atoms with Crippen molar-refractivity contribution in [2.24, 2.45) is 5.73 Å². The first kappa shape index (κ1) is 21.7. The van der Waals surface area contributed by atoms with Crippen molar-refractivity contribution in [2.45, 2.75) is 44.2 Å². The highest BCUT2D eigenvalue weighted by Gasteiger charge is 2.41. The molecule has 1 saturated carbocycles. The van der Waals surface area contributed by atoms with Crippen LogP contribution >= 0.6 is 0 Å². The maximum Gasteiger partial charge on any atom is 0.261 e. The van der Waals surface area contributed by atoms with E-state index in [1.165, 1.54) is 48.3 Å². The van der Waals surface area contributed by atoms with Gasteiger partial charge in [0.15, 0.2) is 0 Å². The minimum Gasteiger partial charge on any atom is -0.368 e. The van der Waals surface area contributed by atoms with Gasteiger partial charge in [-0.15, -0.1) is 0 Å². The number of nitrogens with zero attached hydrogens (tertiary/aromatic N) is 2. The number of hydrogen-bond donors (Lipinski definition) is 1. The maximum atomic E-state index is 13.7. The molecule has 1 aliphatic carbocycles. The van der Waals surface area contributed by atoms with Gasteiger partial charge in [-0.05, 0) is 48.7 Å². The molecule has 0 radical (unpaired) electrons. The van der Waals surface area contributed by atoms with Crippen molar-refractivity contribution in [3.05, 3.63) is 70.5 Å². The smallest absolute Gasteiger partial charge is 0.261 e. The minimum absolute atomic E-state index is 0.120. The number of imide groups is 1. The van der Waals surface area contributed by atoms with E-state index in [9.17, 15) is 23.6 Å². The summed E-state index contributed by atoms with van der Waals surface area (Å²) < 4.78 is 13.7. The molecule has 4 amide bonds. The zero-order valence-electron chi connectivity index (χ0n) is 17.7. The van der Waals surface area contributed by atoms with Crippen molar-refractivity contribution in [2.75, 3.05) is 7.05 Å². The van der Waals surface area contributed by atoms with E-state index in [0.29, 0.717) is 0 Å². The van der Waals surface area contributed by atoms with Crippen molar-refractivity contribution >= 4 is 23.6 Å². The van der Waals surface area contributed by atoms with Gasteiger partial charge in [0, 0.05) is 18.7 Å². The van der Waals surface area contributed by atoms with E-state index in [1.807, 2.05) is 0 Å². The molecule has 1 atom stereocenters. The van der Waals surface area contributed by atoms with Crippen LogP contribution in [0.5, 0.6) is 0 Å². The molecule has 1 aliphatic heterocycles. The average Bonchev–Trinajstić information content (AvgIpc) is 3.03. The van der Waals surface area contributed by atoms with Crippen molar-refractivity contribution in [3.63, 3.8) is 0 Å². The van der Waals surface area contributed by atoms with Crippen molar-refractivity contribution in [1.29, 1.82) is 0 Å². The van der Waals surface area contributed by atoms with Crippen LogP contribution < -0.4 is 5.73 Å². The van der Waals surface area contributed by atoms with E-state index in [4.69, 9.17) is 5.73 Å². The molecule has 32 heavy (non-hydrogen) atoms. The highest BCUT2D eigenvalue weighted by Crippen LogP contribution is 2.32. The molecule has 1 unspecified atom stereocenters. The number of nitrogens with two attached hydrogens (primary N) is 1. The van der Waals surface area contributed by atoms with Crippen LogP contribution in [0, 0.1) is 5.82 Å². The van der Waals surface area contributed by atoms with E-state index in [1.54, 1.807) is 0 Å². The van der Waals surface area contributed by atoms with E-state index >= 15 is 0 Å². The number of carbonyl (C=O) groups excluding carboxylic acids is 4. The number of likely N-dealkylation sites (N-methyl/N-ethyl adjacent to an activating group) is 1. The lowest BCUT2D eigenvalue weighted by Gasteiger charge is -2.29. The largest absolute Gasteiger partial charge is 0.368 e. The van der Waals surface area contributed by atoms with Gasteiger partial charge in [-0.3, -0.25) is 24.1 Å². The molecule has 0 aromatic heterocycles. The third-order valence-corrected chi connectivity index (χ3v) is 6.25. The molecule has 166 valence electrons. The van der Waals surface area contributed by atoms with E-state index < -0.39 is 29.6 Å². The Labute approximate surface area is 185 Å². The molecule has 2 N–H and O–H groups in total. The van der Waals surface area contributed by atoms with Crippen LogP contribution in [0.1, 0.15) is 74.8 Å². The molecule has 2 aromatic rings. The van der Waals surface area contributed by atoms with Gasteiger partial charge in [-0.1, -0.05) is 31.4 Å². The van der Waals surface area contributed by atoms with Crippen molar-refractivity contribution in [1.82, 2.24) is 9.80 Å². The highest BCUT2D eigenvalue weighted by molar-refractivity contribution is 6.22. The minimum atomic E-state index is -1.19. The van der Waals surface area contributed by atoms with Gasteiger partial charge in [0.1, 0.15) is 11.9 Å². The van der Waals surface area contributed by atoms with E-state index in [2.05, 4.69) is 0 Å². The molecule has 1 heterocycles. The van der Waals surface area contributed by atoms with Crippen molar-refractivity contribution in [3.8, 4) is 0 Å². The van der Waals surface area contributed by atoms with Crippen LogP contribution in [0.2, 0.25) is 0 Å². The molecule has 4 rings (SSSR count). The number of carbonyl (C=O) groups is 4. The Morgan fingerprint density at radius 2 is 1.72 bits per heavy atom. The van der Waals surface area contributed by atoms with Crippen LogP contribution in [0.15, 0.2) is 42.5 Å². The fourth-order valence-electron chi connectivity index (χ4n) is 4.64. The van der Waals surface area contributed by atoms with Gasteiger partial charge in [0.25, 0.3) is 17.7 Å². The fraction of sp³-hybridized carbons (Fsp3) is 0.333. The Bertz CT molecular complexity index is 1110. The number of rotatable bonds is 5. The molecule has 0 spiro atoms. The standard InChI is InChI=1S/C24H24FN3O4/c1-27(20(21(26)29)14-6-5-7-16(25)12-14)22(30)15-10-11-18-19(13-15)24(32)28(23(18)31)17-8-3-2-4-9-17/h5-7,10-13,17,20H,2-4,8-9H2,1H3,(H2,26,29). The first-order valence-corrected chi connectivity index (χ1v) is 10.6. The Morgan fingerprint density at radius 1 is 1.03 bits per heavy atom. The lowest BCUT2D eigenvalue weighted by molar-refractivity contribution is -0.122. The molecule has 7 nitrogen and oxygen atoms in total. The van der Waals surface area contributed by atoms with Gasteiger partial charge < -0.3 is 10.6 Å². The summed E-state index contributed by atoms with van der Waals surface area (Å²) in [5.41, 5.74) is 6.34. The van der Waals surface area contributed by atoms with Gasteiger partial charge in [0.2, 0.25) is 5.91 Å². The Hall–Kier alpha value is -3.55. The zero-order valence-corrected chi connectivity index (χ0v) is 17.7. The lowest BCUT2D eigenvalue weighted by atomic mass is 9.94. The molecule has 2 aliphatic rings. The number of amides is 4. The molecule has 1 fully saturated rings. The second kappa shape index (κ2) is 8.53. The Kier molecular flexibility index (Phi) is 5.78. The summed E-state index contributed by atoms with van der Waals surface area (Å²) in [6, 6.07) is 8.32. The van der Waals surface area contributed by atoms with Gasteiger partial charge in [-0.25, -0.2) is 4.39 Å². The summed E-state index contributed by atoms with van der Waals surface area (Å²) in [5.74, 6) is -2.68. The fourth-order valence-corrected chi connectivity index (χ4v) is 4.64. The number of primary amides is 1. The monoisotopic (exact) mass is 437 g/mol. The average molecular weight is 437 g/mol. The van der Waals surface area contributed by atoms with Crippen LogP contribution in [-0.4, -0.2) is 46.5 Å². The zero-order chi connectivity index (χ0) is 23.0. The van der Waals surface area contributed by atoms with Crippen molar-refractivity contribution < 1.29 is 23.6 Å². The maximum absolute atomic E-state index is 13.7. The summed E-state index contributed by atoms with van der Waals surface area (Å²) in [5, 5.41) is 0. The molecule has 0 bridgehead atoms. The Balaban J connectivity index is 1.62. The molecule has 2 aromatic carbocycles. The van der Waals surface area contributed by atoms with Gasteiger partial charge in [0.05, 0.1) is 11.1 Å². The third kappa shape index (κ3) is 3.77. The predicted molar refractivity (Wildman–Crippen MR) is 114 cm³/mol. The SMILES string of the molecule is CN(C(=O)c1ccc2c(c1)C(=O)N(C1CCCCC1)C2=O)C(C(N)=O)c1cccc(F)c1. The summed E-state index contributed by atoms with van der Waals surface area (Å²) in [4.78, 5) is 53.5. The second-order valence-corrected chi connectivity index (χ2v) is 8.31. The molecule has 8 heteroatoms. The topological polar surface area (TPSA) is 101 Å². The van der Waals surface area contributed by atoms with E-state index in [0.717, 1.165) is 43.1 Å². The third-order valence-electron chi connectivity index (χ3n) is 6.25. The number of hydrogen-bond acceptors (Lipinski definition) is 4. The number of halogens is 1. The van der Waals surface area contributed by atoms with Gasteiger partial charge >= 0.3 is 0 Å². The second-order valence-electron chi connectivity index (χ2n) is 8.31. The highest BCUT2D eigenvalue weighted by atomic mass is 19.1. The first-order chi connectivity index (χ1) is 15.3. The Morgan fingerprint density at radius 3 is 2.38 bits per heavy atom.